The Balaban J connectivity index is 2.20. The predicted molar refractivity (Wildman–Crippen MR) is 64.8 cm³/mol. The first-order chi connectivity index (χ1) is 7.76. The molecule has 0 bridgehead atoms. The summed E-state index contributed by atoms with van der Waals surface area (Å²) in [5.74, 6) is 0.503. The molecule has 0 atom stereocenters. The van der Waals surface area contributed by atoms with Crippen LogP contribution in [0.1, 0.15) is 45.6 Å². The van der Waals surface area contributed by atoms with Crippen molar-refractivity contribution >= 4 is 5.82 Å². The van der Waals surface area contributed by atoms with Gasteiger partial charge in [-0.15, -0.1) is 0 Å². The number of nitrogens with one attached hydrogen (secondary N) is 1. The third-order valence-electron chi connectivity index (χ3n) is 3.13. The average Bonchev–Trinajstić information content (AvgIpc) is 3.12. The molecule has 4 heteroatoms. The molecule has 0 saturated heterocycles. The van der Waals surface area contributed by atoms with Crippen LogP contribution in [0.2, 0.25) is 0 Å². The Kier molecular flexibility index (Phi) is 3.27. The van der Waals surface area contributed by atoms with E-state index in [9.17, 15) is 4.79 Å². The van der Waals surface area contributed by atoms with Crippen molar-refractivity contribution in [3.05, 3.63) is 22.7 Å². The molecule has 0 aliphatic heterocycles. The highest BCUT2D eigenvalue weighted by Gasteiger charge is 2.25. The number of rotatable bonds is 5. The van der Waals surface area contributed by atoms with Gasteiger partial charge in [0.2, 0.25) is 0 Å². The minimum absolute atomic E-state index is 0.0249. The molecule has 1 aromatic heterocycles. The summed E-state index contributed by atoms with van der Waals surface area (Å²) in [5.41, 5.74) is 0.0249. The molecule has 1 N–H and O–H groups in total. The third kappa shape index (κ3) is 2.26. The Bertz CT molecular complexity index is 405. The van der Waals surface area contributed by atoms with Crippen LogP contribution < -0.4 is 10.9 Å². The predicted octanol–water partition coefficient (Wildman–Crippen LogP) is 2.18. The summed E-state index contributed by atoms with van der Waals surface area (Å²) >= 11 is 0. The zero-order chi connectivity index (χ0) is 11.5. The van der Waals surface area contributed by atoms with E-state index in [0.29, 0.717) is 17.9 Å². The molecular weight excluding hydrogens is 202 g/mol. The van der Waals surface area contributed by atoms with Crippen LogP contribution in [0.5, 0.6) is 0 Å². The quantitative estimate of drug-likeness (QED) is 0.829. The van der Waals surface area contributed by atoms with Crippen molar-refractivity contribution in [2.45, 2.75) is 51.6 Å². The van der Waals surface area contributed by atoms with E-state index in [2.05, 4.69) is 24.1 Å². The van der Waals surface area contributed by atoms with E-state index in [4.69, 9.17) is 0 Å². The van der Waals surface area contributed by atoms with Gasteiger partial charge in [-0.05, 0) is 25.7 Å². The first kappa shape index (κ1) is 11.2. The van der Waals surface area contributed by atoms with Crippen molar-refractivity contribution < 1.29 is 0 Å². The van der Waals surface area contributed by atoms with Gasteiger partial charge in [0.05, 0.1) is 0 Å². The maximum absolute atomic E-state index is 12.1. The van der Waals surface area contributed by atoms with Gasteiger partial charge in [-0.25, -0.2) is 4.98 Å². The lowest BCUT2D eigenvalue weighted by molar-refractivity contribution is 0.654. The maximum atomic E-state index is 12.1. The highest BCUT2D eigenvalue weighted by atomic mass is 16.1. The fourth-order valence-corrected chi connectivity index (χ4v) is 1.85. The van der Waals surface area contributed by atoms with Gasteiger partial charge in [0.15, 0.2) is 5.82 Å². The molecule has 0 spiro atoms. The molecule has 1 fully saturated rings. The number of aromatic nitrogens is 2. The highest BCUT2D eigenvalue weighted by molar-refractivity contribution is 5.32. The van der Waals surface area contributed by atoms with Gasteiger partial charge in [0.1, 0.15) is 0 Å². The molecule has 4 nitrogen and oxygen atoms in total. The Morgan fingerprint density at radius 2 is 2.19 bits per heavy atom. The number of hydrogen-bond acceptors (Lipinski definition) is 3. The SMILES string of the molecule is CCC(CC)Nc1nccn(C2CC2)c1=O. The van der Waals surface area contributed by atoms with E-state index in [1.54, 1.807) is 17.0 Å². The van der Waals surface area contributed by atoms with Gasteiger partial charge in [-0.1, -0.05) is 13.8 Å². The van der Waals surface area contributed by atoms with Crippen molar-refractivity contribution in [3.8, 4) is 0 Å². The average molecular weight is 221 g/mol. The molecule has 1 aliphatic carbocycles. The van der Waals surface area contributed by atoms with Gasteiger partial charge >= 0.3 is 0 Å². The number of nitrogens with zero attached hydrogens (tertiary/aromatic N) is 2. The molecule has 88 valence electrons. The van der Waals surface area contributed by atoms with Crippen molar-refractivity contribution in [3.63, 3.8) is 0 Å². The molecule has 0 amide bonds. The van der Waals surface area contributed by atoms with E-state index in [1.807, 2.05) is 0 Å². The zero-order valence-corrected chi connectivity index (χ0v) is 9.94. The Morgan fingerprint density at radius 3 is 2.75 bits per heavy atom. The van der Waals surface area contributed by atoms with Crippen LogP contribution in [0.15, 0.2) is 17.2 Å². The fourth-order valence-electron chi connectivity index (χ4n) is 1.85. The van der Waals surface area contributed by atoms with E-state index >= 15 is 0 Å². The second-order valence-electron chi connectivity index (χ2n) is 4.38. The first-order valence-corrected chi connectivity index (χ1v) is 6.10. The van der Waals surface area contributed by atoms with Crippen molar-refractivity contribution in [2.24, 2.45) is 0 Å². The highest BCUT2D eigenvalue weighted by Crippen LogP contribution is 2.33. The zero-order valence-electron chi connectivity index (χ0n) is 9.94. The lowest BCUT2D eigenvalue weighted by Gasteiger charge is -2.15. The van der Waals surface area contributed by atoms with Crippen molar-refractivity contribution in [1.29, 1.82) is 0 Å². The fraction of sp³-hybridized carbons (Fsp3) is 0.667. The molecular formula is C12H19N3O. The van der Waals surface area contributed by atoms with Crippen LogP contribution >= 0.6 is 0 Å². The van der Waals surface area contributed by atoms with Crippen molar-refractivity contribution in [2.75, 3.05) is 5.32 Å². The van der Waals surface area contributed by atoms with Gasteiger partial charge in [-0.2, -0.15) is 0 Å². The maximum Gasteiger partial charge on any atom is 0.293 e. The molecule has 0 unspecified atom stereocenters. The van der Waals surface area contributed by atoms with Crippen LogP contribution in [0.25, 0.3) is 0 Å². The first-order valence-electron chi connectivity index (χ1n) is 6.10. The third-order valence-corrected chi connectivity index (χ3v) is 3.13. The minimum Gasteiger partial charge on any atom is -0.363 e. The van der Waals surface area contributed by atoms with Gasteiger partial charge in [-0.3, -0.25) is 4.79 Å². The molecule has 2 rings (SSSR count). The molecule has 1 heterocycles. The molecule has 0 aromatic carbocycles. The molecule has 1 aliphatic rings. The van der Waals surface area contributed by atoms with Crippen LogP contribution in [-0.4, -0.2) is 15.6 Å². The smallest absolute Gasteiger partial charge is 0.293 e. The van der Waals surface area contributed by atoms with Gasteiger partial charge < -0.3 is 9.88 Å². The molecule has 1 aromatic rings. The standard InChI is InChI=1S/C12H19N3O/c1-3-9(4-2)14-11-12(16)15(8-7-13-11)10-5-6-10/h7-10H,3-6H2,1-2H3,(H,13,14). The summed E-state index contributed by atoms with van der Waals surface area (Å²) in [6.07, 6.45) is 7.76. The van der Waals surface area contributed by atoms with E-state index in [1.165, 1.54) is 0 Å². The van der Waals surface area contributed by atoms with E-state index in [-0.39, 0.29) is 5.56 Å². The largest absolute Gasteiger partial charge is 0.363 e. The summed E-state index contributed by atoms with van der Waals surface area (Å²) < 4.78 is 1.80. The number of hydrogen-bond donors (Lipinski definition) is 1. The van der Waals surface area contributed by atoms with E-state index < -0.39 is 0 Å². The second-order valence-corrected chi connectivity index (χ2v) is 4.38. The van der Waals surface area contributed by atoms with Crippen LogP contribution in [0, 0.1) is 0 Å². The topological polar surface area (TPSA) is 46.9 Å². The lowest BCUT2D eigenvalue weighted by Crippen LogP contribution is -2.28. The molecule has 0 radical (unpaired) electrons. The lowest BCUT2D eigenvalue weighted by atomic mass is 10.2. The van der Waals surface area contributed by atoms with Crippen LogP contribution in [-0.2, 0) is 0 Å². The normalized spacial score (nSPS) is 15.4. The Hall–Kier alpha value is -1.32. The monoisotopic (exact) mass is 221 g/mol. The summed E-state index contributed by atoms with van der Waals surface area (Å²) in [7, 11) is 0. The molecule has 1 saturated carbocycles. The van der Waals surface area contributed by atoms with Crippen LogP contribution in [0.4, 0.5) is 5.82 Å². The summed E-state index contributed by atoms with van der Waals surface area (Å²) in [6, 6.07) is 0.757. The van der Waals surface area contributed by atoms with Crippen LogP contribution in [0.3, 0.4) is 0 Å². The summed E-state index contributed by atoms with van der Waals surface area (Å²) in [4.78, 5) is 16.2. The van der Waals surface area contributed by atoms with Crippen molar-refractivity contribution in [1.82, 2.24) is 9.55 Å². The Labute approximate surface area is 95.7 Å². The second kappa shape index (κ2) is 4.68. The number of anilines is 1. The minimum atomic E-state index is 0.0249. The molecule has 16 heavy (non-hydrogen) atoms. The summed E-state index contributed by atoms with van der Waals surface area (Å²) in [5, 5.41) is 3.23. The van der Waals surface area contributed by atoms with E-state index in [0.717, 1.165) is 25.7 Å². The van der Waals surface area contributed by atoms with Gasteiger partial charge in [0.25, 0.3) is 5.56 Å². The summed E-state index contributed by atoms with van der Waals surface area (Å²) in [6.45, 7) is 4.23. The van der Waals surface area contributed by atoms with Gasteiger partial charge in [0, 0.05) is 24.5 Å². The Morgan fingerprint density at radius 1 is 1.50 bits per heavy atom.